The highest BCUT2D eigenvalue weighted by Gasteiger charge is 2.27. The number of hydrogen-bond acceptors (Lipinski definition) is 3. The van der Waals surface area contributed by atoms with Crippen molar-refractivity contribution in [3.05, 3.63) is 23.8 Å². The van der Waals surface area contributed by atoms with E-state index in [4.69, 9.17) is 0 Å². The molecule has 0 radical (unpaired) electrons. The maximum atomic E-state index is 12.1. The zero-order valence-corrected chi connectivity index (χ0v) is 13.7. The zero-order valence-electron chi connectivity index (χ0n) is 13.7. The van der Waals surface area contributed by atoms with Crippen LogP contribution in [0.4, 0.5) is 16.2 Å². The Hall–Kier alpha value is -1.75. The average Bonchev–Trinajstić information content (AvgIpc) is 2.44. The number of carbonyl (C=O) groups excluding carboxylic acids is 1. The molecule has 118 valence electrons. The normalized spacial score (nSPS) is 11.1. The Labute approximate surface area is 127 Å². The van der Waals surface area contributed by atoms with Crippen molar-refractivity contribution in [1.29, 1.82) is 0 Å². The largest absolute Gasteiger partial charge is 0.394 e. The fraction of sp³-hybridized carbons (Fsp3) is 0.562. The molecular formula is C16H27N3O2. The van der Waals surface area contributed by atoms with E-state index in [1.54, 1.807) is 0 Å². The van der Waals surface area contributed by atoms with E-state index in [0.29, 0.717) is 12.8 Å². The summed E-state index contributed by atoms with van der Waals surface area (Å²) in [5.41, 5.74) is 2.41. The third-order valence-electron chi connectivity index (χ3n) is 3.97. The molecule has 3 N–H and O–H groups in total. The van der Waals surface area contributed by atoms with Crippen molar-refractivity contribution in [3.63, 3.8) is 0 Å². The Morgan fingerprint density at radius 3 is 2.33 bits per heavy atom. The molecule has 0 saturated carbocycles. The van der Waals surface area contributed by atoms with Gasteiger partial charge in [-0.1, -0.05) is 13.8 Å². The number of benzene rings is 1. The molecule has 0 atom stereocenters. The van der Waals surface area contributed by atoms with Crippen LogP contribution in [0.3, 0.4) is 0 Å². The lowest BCUT2D eigenvalue weighted by atomic mass is 9.94. The number of nitrogens with one attached hydrogen (secondary N) is 2. The van der Waals surface area contributed by atoms with Gasteiger partial charge in [0.2, 0.25) is 0 Å². The number of aryl methyl sites for hydroxylation is 1. The maximum Gasteiger partial charge on any atom is 0.319 e. The molecule has 1 aromatic carbocycles. The van der Waals surface area contributed by atoms with Crippen LogP contribution < -0.4 is 15.5 Å². The Morgan fingerprint density at radius 1 is 1.29 bits per heavy atom. The van der Waals surface area contributed by atoms with Crippen LogP contribution in [0.15, 0.2) is 18.2 Å². The molecule has 0 aliphatic carbocycles. The number of carbonyl (C=O) groups is 1. The van der Waals surface area contributed by atoms with Crippen molar-refractivity contribution in [2.45, 2.75) is 39.2 Å². The van der Waals surface area contributed by atoms with Gasteiger partial charge in [0.25, 0.3) is 0 Å². The molecule has 0 saturated heterocycles. The van der Waals surface area contributed by atoms with Gasteiger partial charge < -0.3 is 20.6 Å². The van der Waals surface area contributed by atoms with E-state index >= 15 is 0 Å². The van der Waals surface area contributed by atoms with Crippen molar-refractivity contribution in [2.75, 3.05) is 30.9 Å². The number of anilines is 2. The second kappa shape index (κ2) is 7.31. The monoisotopic (exact) mass is 293 g/mol. The molecule has 0 fully saturated rings. The molecule has 0 aromatic heterocycles. The quantitative estimate of drug-likeness (QED) is 0.755. The molecule has 0 spiro atoms. The van der Waals surface area contributed by atoms with Crippen LogP contribution in [0.2, 0.25) is 0 Å². The van der Waals surface area contributed by atoms with E-state index in [9.17, 15) is 9.90 Å². The van der Waals surface area contributed by atoms with E-state index in [1.165, 1.54) is 0 Å². The third-order valence-corrected chi connectivity index (χ3v) is 3.97. The Morgan fingerprint density at radius 2 is 1.90 bits per heavy atom. The number of hydrogen-bond donors (Lipinski definition) is 3. The molecule has 0 aliphatic rings. The number of aliphatic hydroxyl groups excluding tert-OH is 1. The van der Waals surface area contributed by atoms with Crippen molar-refractivity contribution in [1.82, 2.24) is 5.32 Å². The first-order valence-electron chi connectivity index (χ1n) is 7.35. The second-order valence-electron chi connectivity index (χ2n) is 5.62. The first-order chi connectivity index (χ1) is 9.87. The molecule has 5 nitrogen and oxygen atoms in total. The standard InChI is InChI=1S/C16H27N3O2/c1-6-16(7-2,11-20)18-15(21)17-13-8-9-14(19(4)5)12(3)10-13/h8-10,20H,6-7,11H2,1-5H3,(H2,17,18,21). The summed E-state index contributed by atoms with van der Waals surface area (Å²) < 4.78 is 0. The number of aliphatic hydroxyl groups is 1. The second-order valence-corrected chi connectivity index (χ2v) is 5.62. The van der Waals surface area contributed by atoms with E-state index < -0.39 is 5.54 Å². The lowest BCUT2D eigenvalue weighted by Gasteiger charge is -2.30. The molecular weight excluding hydrogens is 266 g/mol. The Bertz CT molecular complexity index is 474. The van der Waals surface area contributed by atoms with E-state index in [2.05, 4.69) is 10.6 Å². The van der Waals surface area contributed by atoms with Crippen LogP contribution in [-0.2, 0) is 0 Å². The van der Waals surface area contributed by atoms with Gasteiger partial charge in [-0.05, 0) is 43.5 Å². The maximum absolute atomic E-state index is 12.1. The summed E-state index contributed by atoms with van der Waals surface area (Å²) in [7, 11) is 3.97. The number of urea groups is 1. The highest BCUT2D eigenvalue weighted by atomic mass is 16.3. The minimum absolute atomic E-state index is 0.0635. The van der Waals surface area contributed by atoms with Crippen molar-refractivity contribution >= 4 is 17.4 Å². The highest BCUT2D eigenvalue weighted by Crippen LogP contribution is 2.22. The van der Waals surface area contributed by atoms with Crippen LogP contribution in [0.25, 0.3) is 0 Å². The average molecular weight is 293 g/mol. The molecule has 5 heteroatoms. The van der Waals surface area contributed by atoms with Gasteiger partial charge in [0, 0.05) is 25.5 Å². The topological polar surface area (TPSA) is 64.6 Å². The van der Waals surface area contributed by atoms with Gasteiger partial charge in [0.1, 0.15) is 0 Å². The Kier molecular flexibility index (Phi) is 6.03. The molecule has 2 amide bonds. The lowest BCUT2D eigenvalue weighted by molar-refractivity contribution is 0.155. The number of nitrogens with zero attached hydrogens (tertiary/aromatic N) is 1. The van der Waals surface area contributed by atoms with E-state index in [1.807, 2.05) is 58.0 Å². The molecule has 0 bridgehead atoms. The van der Waals surface area contributed by atoms with Gasteiger partial charge in [-0.15, -0.1) is 0 Å². The van der Waals surface area contributed by atoms with Gasteiger partial charge in [0.05, 0.1) is 12.1 Å². The SMILES string of the molecule is CCC(CC)(CO)NC(=O)Nc1ccc(N(C)C)c(C)c1. The van der Waals surface area contributed by atoms with Crippen LogP contribution in [-0.4, -0.2) is 37.4 Å². The number of amides is 2. The van der Waals surface area contributed by atoms with Gasteiger partial charge in [0.15, 0.2) is 0 Å². The first kappa shape index (κ1) is 17.3. The zero-order chi connectivity index (χ0) is 16.0. The van der Waals surface area contributed by atoms with Crippen LogP contribution in [0.5, 0.6) is 0 Å². The highest BCUT2D eigenvalue weighted by molar-refractivity contribution is 5.90. The van der Waals surface area contributed by atoms with Gasteiger partial charge in [-0.3, -0.25) is 0 Å². The lowest BCUT2D eigenvalue weighted by Crippen LogP contribution is -2.52. The third kappa shape index (κ3) is 4.36. The Balaban J connectivity index is 2.77. The van der Waals surface area contributed by atoms with Gasteiger partial charge in [-0.2, -0.15) is 0 Å². The molecule has 0 heterocycles. The minimum atomic E-state index is -0.553. The van der Waals surface area contributed by atoms with E-state index in [-0.39, 0.29) is 12.6 Å². The van der Waals surface area contributed by atoms with Crippen molar-refractivity contribution in [3.8, 4) is 0 Å². The fourth-order valence-electron chi connectivity index (χ4n) is 2.33. The van der Waals surface area contributed by atoms with Gasteiger partial charge >= 0.3 is 6.03 Å². The first-order valence-corrected chi connectivity index (χ1v) is 7.35. The molecule has 1 aromatic rings. The predicted molar refractivity (Wildman–Crippen MR) is 88.1 cm³/mol. The summed E-state index contributed by atoms with van der Waals surface area (Å²) in [6.45, 7) is 5.85. The summed E-state index contributed by atoms with van der Waals surface area (Å²) in [5.74, 6) is 0. The summed E-state index contributed by atoms with van der Waals surface area (Å²) in [4.78, 5) is 14.1. The van der Waals surface area contributed by atoms with Crippen molar-refractivity contribution in [2.24, 2.45) is 0 Å². The minimum Gasteiger partial charge on any atom is -0.394 e. The van der Waals surface area contributed by atoms with Crippen LogP contribution in [0, 0.1) is 6.92 Å². The summed E-state index contributed by atoms with van der Waals surface area (Å²) in [6.07, 6.45) is 1.37. The van der Waals surface area contributed by atoms with Crippen molar-refractivity contribution < 1.29 is 9.90 Å². The summed E-state index contributed by atoms with van der Waals surface area (Å²) in [5, 5.41) is 15.2. The molecule has 0 unspecified atom stereocenters. The van der Waals surface area contributed by atoms with Crippen LogP contribution >= 0.6 is 0 Å². The summed E-state index contributed by atoms with van der Waals surface area (Å²) >= 11 is 0. The smallest absolute Gasteiger partial charge is 0.319 e. The molecule has 0 aliphatic heterocycles. The fourth-order valence-corrected chi connectivity index (χ4v) is 2.33. The molecule has 1 rings (SSSR count). The number of rotatable bonds is 6. The van der Waals surface area contributed by atoms with Crippen LogP contribution in [0.1, 0.15) is 32.3 Å². The van der Waals surface area contributed by atoms with E-state index in [0.717, 1.165) is 16.9 Å². The summed E-state index contributed by atoms with van der Waals surface area (Å²) in [6, 6.07) is 5.50. The van der Waals surface area contributed by atoms with Gasteiger partial charge in [-0.25, -0.2) is 4.79 Å². The molecule has 21 heavy (non-hydrogen) atoms. The predicted octanol–water partition coefficient (Wildman–Crippen LogP) is 2.73.